The van der Waals surface area contributed by atoms with Gasteiger partial charge in [-0.3, -0.25) is 14.5 Å². The average molecular weight is 822 g/mol. The minimum atomic E-state index is -5.09. The molecule has 2 atom stereocenters. The Balaban J connectivity index is 1.61. The molecular formula is C42H54F7N5O2Si. The van der Waals surface area contributed by atoms with Crippen molar-refractivity contribution < 1.29 is 40.3 Å². The van der Waals surface area contributed by atoms with E-state index in [9.17, 15) is 40.3 Å². The molecule has 3 aromatic rings. The molecule has 0 saturated carbocycles. The van der Waals surface area contributed by atoms with Crippen LogP contribution in [0.1, 0.15) is 70.2 Å². The lowest BCUT2D eigenvalue weighted by Crippen LogP contribution is -2.65. The van der Waals surface area contributed by atoms with E-state index < -0.39 is 54.3 Å². The van der Waals surface area contributed by atoms with Gasteiger partial charge in [0, 0.05) is 64.3 Å². The fourth-order valence-electron chi connectivity index (χ4n) is 7.74. The van der Waals surface area contributed by atoms with Crippen LogP contribution in [0, 0.1) is 12.7 Å². The highest BCUT2D eigenvalue weighted by Crippen LogP contribution is 2.43. The van der Waals surface area contributed by atoms with E-state index in [1.165, 1.54) is 44.1 Å². The third-order valence-electron chi connectivity index (χ3n) is 12.6. The molecule has 2 aromatic carbocycles. The second-order valence-electron chi connectivity index (χ2n) is 17.9. The molecule has 2 aliphatic rings. The number of amides is 2. The first kappa shape index (κ1) is 44.1. The summed E-state index contributed by atoms with van der Waals surface area (Å²) in [5, 5.41) is 0.169. The van der Waals surface area contributed by atoms with Gasteiger partial charge in [-0.1, -0.05) is 46.0 Å². The molecule has 0 aliphatic carbocycles. The number of aromatic nitrogens is 1. The molecule has 57 heavy (non-hydrogen) atoms. The number of piperazine rings is 2. The number of fused-ring (bicyclic) bond motifs is 1. The van der Waals surface area contributed by atoms with Crippen LogP contribution in [0.2, 0.25) is 24.2 Å². The number of pyridine rings is 1. The van der Waals surface area contributed by atoms with E-state index in [4.69, 9.17) is 4.98 Å². The summed E-state index contributed by atoms with van der Waals surface area (Å²) in [6.07, 6.45) is -7.79. The van der Waals surface area contributed by atoms with E-state index in [-0.39, 0.29) is 34.8 Å². The third kappa shape index (κ3) is 9.34. The Hall–Kier alpha value is -3.98. The van der Waals surface area contributed by atoms with Crippen molar-refractivity contribution in [3.8, 4) is 11.1 Å². The highest BCUT2D eigenvalue weighted by molar-refractivity contribution is 6.80. The summed E-state index contributed by atoms with van der Waals surface area (Å²) >= 11 is 0. The van der Waals surface area contributed by atoms with Crippen LogP contribution in [0.4, 0.5) is 42.2 Å². The zero-order chi connectivity index (χ0) is 42.6. The van der Waals surface area contributed by atoms with E-state index in [2.05, 4.69) is 43.7 Å². The normalized spacial score (nSPS) is 18.8. The van der Waals surface area contributed by atoms with E-state index in [0.29, 0.717) is 54.3 Å². The number of benzene rings is 2. The number of alkyl halides is 6. The Morgan fingerprint density at radius 3 is 1.98 bits per heavy atom. The van der Waals surface area contributed by atoms with Gasteiger partial charge < -0.3 is 14.7 Å². The molecule has 3 heterocycles. The highest BCUT2D eigenvalue weighted by Gasteiger charge is 2.43. The summed E-state index contributed by atoms with van der Waals surface area (Å²) in [6, 6.07) is 8.39. The maximum Gasteiger partial charge on any atom is 0.416 e. The SMILES string of the molecule is CC(=O)N1CCN2C[C@H](CC[Si](C)(C)C(C)(C)C)N(c3cc(-c4ccc(F)cc4C)c(N(C)C(=O)C(C)(C)c4cc(C(F)(F)F)cc(C(F)(F)F)c4)cn3)CC2C1. The molecule has 0 spiro atoms. The summed E-state index contributed by atoms with van der Waals surface area (Å²) < 4.78 is 97.6. The van der Waals surface area contributed by atoms with Crippen LogP contribution in [0.5, 0.6) is 0 Å². The minimum Gasteiger partial charge on any atom is -0.351 e. The van der Waals surface area contributed by atoms with Crippen LogP contribution in [0.15, 0.2) is 48.7 Å². The summed E-state index contributed by atoms with van der Waals surface area (Å²) in [5.41, 5.74) is -3.50. The summed E-state index contributed by atoms with van der Waals surface area (Å²) in [6.45, 7) is 20.8. The molecule has 5 rings (SSSR count). The van der Waals surface area contributed by atoms with Crippen LogP contribution >= 0.6 is 0 Å². The summed E-state index contributed by atoms with van der Waals surface area (Å²) in [5.74, 6) is -0.645. The first-order valence-corrected chi connectivity index (χ1v) is 22.4. The van der Waals surface area contributed by atoms with Crippen LogP contribution in [-0.4, -0.2) is 86.5 Å². The van der Waals surface area contributed by atoms with Crippen molar-refractivity contribution in [2.45, 2.75) is 109 Å². The van der Waals surface area contributed by atoms with Crippen LogP contribution < -0.4 is 9.80 Å². The first-order chi connectivity index (χ1) is 26.1. The van der Waals surface area contributed by atoms with Crippen molar-refractivity contribution in [2.24, 2.45) is 0 Å². The first-order valence-electron chi connectivity index (χ1n) is 19.2. The van der Waals surface area contributed by atoms with E-state index in [0.717, 1.165) is 25.6 Å². The van der Waals surface area contributed by atoms with Gasteiger partial charge >= 0.3 is 12.4 Å². The Morgan fingerprint density at radius 2 is 1.44 bits per heavy atom. The Labute approximate surface area is 332 Å². The molecule has 1 unspecified atom stereocenters. The van der Waals surface area contributed by atoms with E-state index in [1.807, 2.05) is 11.0 Å². The fraction of sp³-hybridized carbons (Fsp3) is 0.548. The van der Waals surface area contributed by atoms with Gasteiger partial charge in [-0.05, 0) is 85.3 Å². The van der Waals surface area contributed by atoms with Crippen molar-refractivity contribution in [1.82, 2.24) is 14.8 Å². The predicted molar refractivity (Wildman–Crippen MR) is 213 cm³/mol. The molecule has 0 N–H and O–H groups in total. The number of carbonyl (C=O) groups is 2. The lowest BCUT2D eigenvalue weighted by Gasteiger charge is -2.51. The van der Waals surface area contributed by atoms with Crippen molar-refractivity contribution in [1.29, 1.82) is 0 Å². The maximum absolute atomic E-state index is 14.5. The van der Waals surface area contributed by atoms with Crippen molar-refractivity contribution in [3.63, 3.8) is 0 Å². The van der Waals surface area contributed by atoms with Gasteiger partial charge in [0.05, 0.1) is 36.5 Å². The number of halogens is 7. The van der Waals surface area contributed by atoms with Gasteiger partial charge in [0.15, 0.2) is 0 Å². The molecule has 2 aliphatic heterocycles. The summed E-state index contributed by atoms with van der Waals surface area (Å²) in [4.78, 5) is 39.4. The molecular weight excluding hydrogens is 768 g/mol. The smallest absolute Gasteiger partial charge is 0.351 e. The minimum absolute atomic E-state index is 0.00758. The topological polar surface area (TPSA) is 60.0 Å². The van der Waals surface area contributed by atoms with Gasteiger partial charge in [-0.25, -0.2) is 9.37 Å². The maximum atomic E-state index is 14.5. The Kier molecular flexibility index (Phi) is 12.1. The van der Waals surface area contributed by atoms with Crippen LogP contribution in [0.25, 0.3) is 11.1 Å². The van der Waals surface area contributed by atoms with Crippen molar-refractivity contribution in [2.75, 3.05) is 49.6 Å². The largest absolute Gasteiger partial charge is 0.416 e. The highest BCUT2D eigenvalue weighted by atomic mass is 28.3. The molecule has 1 aromatic heterocycles. The van der Waals surface area contributed by atoms with Gasteiger partial charge in [-0.2, -0.15) is 26.3 Å². The molecule has 0 radical (unpaired) electrons. The Bertz CT molecular complexity index is 1960. The second-order valence-corrected chi connectivity index (χ2v) is 23.7. The molecule has 0 bridgehead atoms. The predicted octanol–water partition coefficient (Wildman–Crippen LogP) is 9.79. The van der Waals surface area contributed by atoms with Gasteiger partial charge in [0.25, 0.3) is 0 Å². The number of hydrogen-bond donors (Lipinski definition) is 0. The monoisotopic (exact) mass is 821 g/mol. The molecule has 7 nitrogen and oxygen atoms in total. The van der Waals surface area contributed by atoms with E-state index >= 15 is 0 Å². The quantitative estimate of drug-likeness (QED) is 0.167. The van der Waals surface area contributed by atoms with Gasteiger partial charge in [0.2, 0.25) is 11.8 Å². The van der Waals surface area contributed by atoms with E-state index in [1.54, 1.807) is 19.9 Å². The van der Waals surface area contributed by atoms with Crippen molar-refractivity contribution in [3.05, 3.63) is 76.7 Å². The third-order valence-corrected chi connectivity index (χ3v) is 18.2. The zero-order valence-electron chi connectivity index (χ0n) is 34.4. The molecule has 15 heteroatoms. The molecule has 2 fully saturated rings. The zero-order valence-corrected chi connectivity index (χ0v) is 35.4. The lowest BCUT2D eigenvalue weighted by molar-refractivity contribution is -0.143. The van der Waals surface area contributed by atoms with Crippen LogP contribution in [-0.2, 0) is 27.4 Å². The standard InChI is InChI=1S/C42H54F7N5O2Si/c1-26-17-31(43)11-12-34(26)35-21-37(54-25-33-24-52(27(2)55)14-15-53(33)23-32(54)13-16-57(9,10)39(3,4)5)50-22-36(35)51(8)38(56)40(6,7)28-18-29(41(44,45)46)20-30(19-28)42(47,48)49/h11-12,17-22,32-33H,13-16,23-25H2,1-10H3/t32-,33?/m0/s1. The number of anilines is 2. The molecule has 2 saturated heterocycles. The number of likely N-dealkylation sites (N-methyl/N-ethyl adjacent to an activating group) is 1. The van der Waals surface area contributed by atoms with Crippen molar-refractivity contribution >= 4 is 31.4 Å². The average Bonchev–Trinajstić information content (AvgIpc) is 3.11. The second kappa shape index (κ2) is 15.6. The molecule has 312 valence electrons. The number of nitrogens with zero attached hydrogens (tertiary/aromatic N) is 5. The number of rotatable bonds is 8. The number of aryl methyl sites for hydroxylation is 1. The number of hydrogen-bond acceptors (Lipinski definition) is 5. The summed E-state index contributed by atoms with van der Waals surface area (Å²) in [7, 11) is -0.296. The lowest BCUT2D eigenvalue weighted by atomic mass is 9.81. The Morgan fingerprint density at radius 1 is 0.842 bits per heavy atom. The van der Waals surface area contributed by atoms with Crippen LogP contribution in [0.3, 0.4) is 0 Å². The fourth-order valence-corrected chi connectivity index (χ4v) is 9.55. The van der Waals surface area contributed by atoms with Gasteiger partial charge in [-0.15, -0.1) is 0 Å². The molecule has 2 amide bonds. The van der Waals surface area contributed by atoms with Gasteiger partial charge in [0.1, 0.15) is 11.6 Å². The number of carbonyl (C=O) groups excluding carboxylic acids is 2.